The Kier molecular flexibility index (Phi) is 6.79. The van der Waals surface area contributed by atoms with E-state index in [4.69, 9.17) is 4.74 Å². The number of nitrogens with zero attached hydrogens (tertiary/aromatic N) is 4. The van der Waals surface area contributed by atoms with Gasteiger partial charge in [-0.25, -0.2) is 0 Å². The molecule has 7 nitrogen and oxygen atoms in total. The molecule has 160 valence electrons. The van der Waals surface area contributed by atoms with Gasteiger partial charge in [0.25, 0.3) is 0 Å². The summed E-state index contributed by atoms with van der Waals surface area (Å²) in [5.74, 6) is 1.80. The zero-order valence-electron chi connectivity index (χ0n) is 17.7. The van der Waals surface area contributed by atoms with Gasteiger partial charge in [0.05, 0.1) is 12.0 Å². The zero-order chi connectivity index (χ0) is 20.8. The van der Waals surface area contributed by atoms with Crippen LogP contribution in [0, 0.1) is 0 Å². The Morgan fingerprint density at radius 3 is 2.57 bits per heavy atom. The average Bonchev–Trinajstić information content (AvgIpc) is 3.33. The number of aromatic nitrogens is 2. The van der Waals surface area contributed by atoms with Crippen molar-refractivity contribution in [3.05, 3.63) is 48.0 Å². The van der Waals surface area contributed by atoms with Crippen LogP contribution in [-0.2, 0) is 9.53 Å². The predicted octanol–water partition coefficient (Wildman–Crippen LogP) is 2.91. The van der Waals surface area contributed by atoms with Crippen molar-refractivity contribution in [3.63, 3.8) is 0 Å². The lowest BCUT2D eigenvalue weighted by Gasteiger charge is -2.36. The molecule has 30 heavy (non-hydrogen) atoms. The van der Waals surface area contributed by atoms with Crippen LogP contribution < -0.4 is 10.2 Å². The summed E-state index contributed by atoms with van der Waals surface area (Å²) < 4.78 is 5.62. The maximum absolute atomic E-state index is 13.1. The number of piperazine rings is 1. The zero-order valence-corrected chi connectivity index (χ0v) is 17.7. The van der Waals surface area contributed by atoms with Gasteiger partial charge in [0.15, 0.2) is 5.82 Å². The van der Waals surface area contributed by atoms with Gasteiger partial charge >= 0.3 is 0 Å². The topological polar surface area (TPSA) is 70.6 Å². The monoisotopic (exact) mass is 409 g/mol. The van der Waals surface area contributed by atoms with E-state index in [2.05, 4.69) is 27.3 Å². The minimum atomic E-state index is -0.0632. The van der Waals surface area contributed by atoms with Crippen LogP contribution in [-0.4, -0.2) is 66.4 Å². The molecule has 7 heteroatoms. The van der Waals surface area contributed by atoms with Crippen molar-refractivity contribution in [2.24, 2.45) is 0 Å². The van der Waals surface area contributed by atoms with Crippen LogP contribution in [0.1, 0.15) is 37.7 Å². The number of anilines is 2. The standard InChI is InChI=1S/C23H31N5O2/c1-2-20(18-7-4-3-5-8-18)23(29)28-14-12-27(13-15-28)22-11-10-21(25-26-22)24-17-19-9-6-16-30-19/h3-5,7-8,10-11,19-20H,2,6,9,12-17H2,1H3,(H,24,25). The van der Waals surface area contributed by atoms with Crippen molar-refractivity contribution >= 4 is 17.5 Å². The first kappa shape index (κ1) is 20.6. The fourth-order valence-corrected chi connectivity index (χ4v) is 4.23. The quantitative estimate of drug-likeness (QED) is 0.758. The minimum absolute atomic E-state index is 0.0632. The lowest BCUT2D eigenvalue weighted by molar-refractivity contribution is -0.133. The molecule has 2 aliphatic heterocycles. The number of rotatable bonds is 7. The van der Waals surface area contributed by atoms with Crippen molar-refractivity contribution in [2.45, 2.75) is 38.2 Å². The highest BCUT2D eigenvalue weighted by Crippen LogP contribution is 2.23. The molecule has 1 amide bonds. The second-order valence-corrected chi connectivity index (χ2v) is 7.98. The lowest BCUT2D eigenvalue weighted by atomic mass is 9.95. The third-order valence-corrected chi connectivity index (χ3v) is 6.01. The van der Waals surface area contributed by atoms with Crippen LogP contribution in [0.3, 0.4) is 0 Å². The number of carbonyl (C=O) groups excluding carboxylic acids is 1. The number of nitrogens with one attached hydrogen (secondary N) is 1. The van der Waals surface area contributed by atoms with Crippen LogP contribution in [0.2, 0.25) is 0 Å². The van der Waals surface area contributed by atoms with Crippen LogP contribution >= 0.6 is 0 Å². The summed E-state index contributed by atoms with van der Waals surface area (Å²) in [7, 11) is 0. The molecule has 2 saturated heterocycles. The summed E-state index contributed by atoms with van der Waals surface area (Å²) in [4.78, 5) is 17.2. The molecule has 1 aromatic heterocycles. The smallest absolute Gasteiger partial charge is 0.230 e. The molecule has 2 aliphatic rings. The Balaban J connectivity index is 1.29. The van der Waals surface area contributed by atoms with Crippen molar-refractivity contribution < 1.29 is 9.53 Å². The van der Waals surface area contributed by atoms with E-state index in [1.54, 1.807) is 0 Å². The molecule has 2 atom stereocenters. The Morgan fingerprint density at radius 2 is 1.93 bits per heavy atom. The predicted molar refractivity (Wildman–Crippen MR) is 118 cm³/mol. The molecule has 0 saturated carbocycles. The lowest BCUT2D eigenvalue weighted by Crippen LogP contribution is -2.50. The minimum Gasteiger partial charge on any atom is -0.376 e. The number of hydrogen-bond donors (Lipinski definition) is 1. The number of ether oxygens (including phenoxy) is 1. The summed E-state index contributed by atoms with van der Waals surface area (Å²) in [5, 5.41) is 12.0. The highest BCUT2D eigenvalue weighted by atomic mass is 16.5. The molecule has 3 heterocycles. The Morgan fingerprint density at radius 1 is 1.13 bits per heavy atom. The molecule has 2 aromatic rings. The highest BCUT2D eigenvalue weighted by molar-refractivity contribution is 5.84. The number of benzene rings is 1. The molecule has 0 spiro atoms. The molecule has 1 aromatic carbocycles. The molecule has 0 aliphatic carbocycles. The first-order chi connectivity index (χ1) is 14.7. The SMILES string of the molecule is CCC(C(=O)N1CCN(c2ccc(NCC3CCCO3)nn2)CC1)c1ccccc1. The largest absolute Gasteiger partial charge is 0.376 e. The van der Waals surface area contributed by atoms with Gasteiger partial charge in [-0.3, -0.25) is 4.79 Å². The van der Waals surface area contributed by atoms with Gasteiger partial charge in [-0.2, -0.15) is 0 Å². The van der Waals surface area contributed by atoms with Crippen molar-refractivity contribution in [1.82, 2.24) is 15.1 Å². The van der Waals surface area contributed by atoms with Crippen LogP contribution in [0.25, 0.3) is 0 Å². The fourth-order valence-electron chi connectivity index (χ4n) is 4.23. The van der Waals surface area contributed by atoms with Crippen LogP contribution in [0.5, 0.6) is 0 Å². The van der Waals surface area contributed by atoms with Crippen molar-refractivity contribution in [3.8, 4) is 0 Å². The molecule has 0 radical (unpaired) electrons. The molecule has 2 fully saturated rings. The maximum atomic E-state index is 13.1. The maximum Gasteiger partial charge on any atom is 0.230 e. The van der Waals surface area contributed by atoms with Crippen molar-refractivity contribution in [2.75, 3.05) is 49.5 Å². The Bertz CT molecular complexity index is 800. The van der Waals surface area contributed by atoms with Gasteiger partial charge in [-0.1, -0.05) is 37.3 Å². The molecule has 2 unspecified atom stereocenters. The third kappa shape index (κ3) is 4.90. The van der Waals surface area contributed by atoms with E-state index in [1.807, 2.05) is 47.4 Å². The first-order valence-electron chi connectivity index (χ1n) is 11.0. The van der Waals surface area contributed by atoms with Gasteiger partial charge in [-0.15, -0.1) is 10.2 Å². The first-order valence-corrected chi connectivity index (χ1v) is 11.0. The second-order valence-electron chi connectivity index (χ2n) is 7.98. The summed E-state index contributed by atoms with van der Waals surface area (Å²) in [6.45, 7) is 6.68. The van der Waals surface area contributed by atoms with Gasteiger partial charge in [0, 0.05) is 39.3 Å². The van der Waals surface area contributed by atoms with E-state index >= 15 is 0 Å². The molecule has 1 N–H and O–H groups in total. The number of carbonyl (C=O) groups is 1. The fraction of sp³-hybridized carbons (Fsp3) is 0.522. The summed E-state index contributed by atoms with van der Waals surface area (Å²) in [6.07, 6.45) is 3.33. The van der Waals surface area contributed by atoms with E-state index in [0.717, 1.165) is 62.7 Å². The molecular formula is C23H31N5O2. The number of amides is 1. The van der Waals surface area contributed by atoms with Crippen molar-refractivity contribution in [1.29, 1.82) is 0 Å². The molecular weight excluding hydrogens is 378 g/mol. The number of hydrogen-bond acceptors (Lipinski definition) is 6. The molecule has 4 rings (SSSR count). The van der Waals surface area contributed by atoms with E-state index in [0.29, 0.717) is 13.1 Å². The van der Waals surface area contributed by atoms with Gasteiger partial charge in [0.2, 0.25) is 5.91 Å². The van der Waals surface area contributed by atoms with E-state index in [9.17, 15) is 4.79 Å². The Hall–Kier alpha value is -2.67. The van der Waals surface area contributed by atoms with Crippen LogP contribution in [0.15, 0.2) is 42.5 Å². The summed E-state index contributed by atoms with van der Waals surface area (Å²) in [5.41, 5.74) is 1.10. The Labute approximate surface area is 178 Å². The van der Waals surface area contributed by atoms with Crippen LogP contribution in [0.4, 0.5) is 11.6 Å². The normalized spacial score (nSPS) is 20.2. The third-order valence-electron chi connectivity index (χ3n) is 6.01. The average molecular weight is 410 g/mol. The van der Waals surface area contributed by atoms with E-state index < -0.39 is 0 Å². The van der Waals surface area contributed by atoms with Gasteiger partial charge in [-0.05, 0) is 37.0 Å². The molecule has 0 bridgehead atoms. The summed E-state index contributed by atoms with van der Waals surface area (Å²) in [6, 6.07) is 14.1. The highest BCUT2D eigenvalue weighted by Gasteiger charge is 2.28. The van der Waals surface area contributed by atoms with E-state index in [1.165, 1.54) is 0 Å². The van der Waals surface area contributed by atoms with Gasteiger partial charge in [0.1, 0.15) is 5.82 Å². The van der Waals surface area contributed by atoms with Gasteiger partial charge < -0.3 is 19.9 Å². The second kappa shape index (κ2) is 9.89. The summed E-state index contributed by atoms with van der Waals surface area (Å²) >= 11 is 0. The van der Waals surface area contributed by atoms with E-state index in [-0.39, 0.29) is 17.9 Å².